The van der Waals surface area contributed by atoms with E-state index in [4.69, 9.17) is 0 Å². The first-order valence-electron chi connectivity index (χ1n) is 7.30. The van der Waals surface area contributed by atoms with Gasteiger partial charge in [0.1, 0.15) is 11.5 Å². The Kier molecular flexibility index (Phi) is 4.12. The van der Waals surface area contributed by atoms with Crippen LogP contribution in [0, 0.1) is 0 Å². The first-order valence-corrected chi connectivity index (χ1v) is 7.30. The Morgan fingerprint density at radius 3 is 1.17 bits per heavy atom. The number of rotatable bonds is 4. The molecule has 118 valence electrons. The monoisotopic (exact) mass is 318 g/mol. The molecule has 0 spiro atoms. The van der Waals surface area contributed by atoms with Gasteiger partial charge in [0.05, 0.1) is 0 Å². The average Bonchev–Trinajstić information content (AvgIpc) is 2.62. The molecule has 0 amide bonds. The third-order valence-corrected chi connectivity index (χ3v) is 3.84. The van der Waals surface area contributed by atoms with Crippen molar-refractivity contribution in [3.05, 3.63) is 71.8 Å². The van der Waals surface area contributed by atoms with Crippen molar-refractivity contribution in [3.63, 3.8) is 0 Å². The maximum atomic E-state index is 11.5. The van der Waals surface area contributed by atoms with Gasteiger partial charge in [0.15, 0.2) is 12.6 Å². The van der Waals surface area contributed by atoms with Crippen LogP contribution in [0.15, 0.2) is 60.7 Å². The van der Waals surface area contributed by atoms with E-state index in [1.54, 1.807) is 36.4 Å². The Bertz CT molecular complexity index is 818. The number of benzene rings is 3. The lowest BCUT2D eigenvalue weighted by molar-refractivity contribution is 0.111. The van der Waals surface area contributed by atoms with E-state index < -0.39 is 0 Å². The van der Waals surface area contributed by atoms with Gasteiger partial charge in [-0.25, -0.2) is 0 Å². The van der Waals surface area contributed by atoms with Gasteiger partial charge in [0, 0.05) is 22.3 Å². The Hall–Kier alpha value is -3.40. The summed E-state index contributed by atoms with van der Waals surface area (Å²) in [6.45, 7) is 0. The lowest BCUT2D eigenvalue weighted by Crippen LogP contribution is -1.97. The molecule has 24 heavy (non-hydrogen) atoms. The summed E-state index contributed by atoms with van der Waals surface area (Å²) in [5, 5.41) is 19.0. The minimum absolute atomic E-state index is 0.115. The summed E-state index contributed by atoms with van der Waals surface area (Å²) >= 11 is 0. The highest BCUT2D eigenvalue weighted by Crippen LogP contribution is 2.37. The predicted octanol–water partition coefficient (Wildman–Crippen LogP) is 4.06. The second-order valence-corrected chi connectivity index (χ2v) is 5.32. The van der Waals surface area contributed by atoms with Crippen LogP contribution >= 0.6 is 0 Å². The minimum atomic E-state index is 0.115. The van der Waals surface area contributed by atoms with E-state index in [-0.39, 0.29) is 11.5 Å². The smallest absolute Gasteiger partial charge is 0.150 e. The number of phenolic OH excluding ortho intramolecular Hbond substituents is 2. The van der Waals surface area contributed by atoms with Crippen LogP contribution in [0.1, 0.15) is 20.7 Å². The Morgan fingerprint density at radius 1 is 0.542 bits per heavy atom. The van der Waals surface area contributed by atoms with Crippen LogP contribution in [0.5, 0.6) is 11.5 Å². The van der Waals surface area contributed by atoms with E-state index in [2.05, 4.69) is 0 Å². The van der Waals surface area contributed by atoms with Gasteiger partial charge in [-0.1, -0.05) is 36.4 Å². The van der Waals surface area contributed by atoms with Crippen LogP contribution in [0.25, 0.3) is 22.3 Å². The standard InChI is InChI=1S/C20H14O4/c21-11-15-1-2-16(12-22)20(14-5-9-18(24)10-6-14)19(15)13-3-7-17(23)8-4-13/h1-12,23-24H. The van der Waals surface area contributed by atoms with Crippen LogP contribution in [-0.4, -0.2) is 22.8 Å². The minimum Gasteiger partial charge on any atom is -0.508 e. The Labute approximate surface area is 138 Å². The van der Waals surface area contributed by atoms with Crippen molar-refractivity contribution in [2.24, 2.45) is 0 Å². The van der Waals surface area contributed by atoms with Gasteiger partial charge >= 0.3 is 0 Å². The molecule has 4 heteroatoms. The van der Waals surface area contributed by atoms with Crippen LogP contribution in [0.3, 0.4) is 0 Å². The van der Waals surface area contributed by atoms with Gasteiger partial charge in [0.2, 0.25) is 0 Å². The number of aldehydes is 2. The zero-order chi connectivity index (χ0) is 17.1. The van der Waals surface area contributed by atoms with Gasteiger partial charge < -0.3 is 10.2 Å². The van der Waals surface area contributed by atoms with E-state index in [9.17, 15) is 19.8 Å². The highest BCUT2D eigenvalue weighted by atomic mass is 16.3. The Morgan fingerprint density at radius 2 is 0.875 bits per heavy atom. The van der Waals surface area contributed by atoms with Crippen molar-refractivity contribution in [2.75, 3.05) is 0 Å². The van der Waals surface area contributed by atoms with Crippen LogP contribution in [0.4, 0.5) is 0 Å². The van der Waals surface area contributed by atoms with Gasteiger partial charge in [-0.05, 0) is 35.4 Å². The molecule has 0 bridgehead atoms. The van der Waals surface area contributed by atoms with Gasteiger partial charge in [-0.3, -0.25) is 9.59 Å². The lowest BCUT2D eigenvalue weighted by atomic mass is 9.87. The zero-order valence-electron chi connectivity index (χ0n) is 12.6. The van der Waals surface area contributed by atoms with Crippen LogP contribution < -0.4 is 0 Å². The molecule has 0 unspecified atom stereocenters. The second-order valence-electron chi connectivity index (χ2n) is 5.32. The fourth-order valence-electron chi connectivity index (χ4n) is 2.71. The first-order chi connectivity index (χ1) is 11.6. The molecule has 4 nitrogen and oxygen atoms in total. The van der Waals surface area contributed by atoms with E-state index in [0.29, 0.717) is 33.4 Å². The molecule has 0 saturated heterocycles. The molecule has 0 aliphatic carbocycles. The molecule has 2 N–H and O–H groups in total. The van der Waals surface area contributed by atoms with E-state index >= 15 is 0 Å². The topological polar surface area (TPSA) is 74.6 Å². The summed E-state index contributed by atoms with van der Waals surface area (Å²) in [6, 6.07) is 16.1. The van der Waals surface area contributed by atoms with Crippen LogP contribution in [0.2, 0.25) is 0 Å². The summed E-state index contributed by atoms with van der Waals surface area (Å²) in [4.78, 5) is 23.1. The van der Waals surface area contributed by atoms with Crippen molar-refractivity contribution in [1.82, 2.24) is 0 Å². The SMILES string of the molecule is O=Cc1ccc(C=O)c(-c2ccc(O)cc2)c1-c1ccc(O)cc1. The van der Waals surface area contributed by atoms with Crippen molar-refractivity contribution in [1.29, 1.82) is 0 Å². The van der Waals surface area contributed by atoms with E-state index in [0.717, 1.165) is 12.6 Å². The third-order valence-electron chi connectivity index (χ3n) is 3.84. The largest absolute Gasteiger partial charge is 0.508 e. The molecular weight excluding hydrogens is 304 g/mol. The molecule has 0 heterocycles. The summed E-state index contributed by atoms with van der Waals surface area (Å²) in [5.41, 5.74) is 3.52. The molecule has 0 aliphatic rings. The maximum absolute atomic E-state index is 11.5. The molecule has 3 aromatic carbocycles. The van der Waals surface area contributed by atoms with Crippen molar-refractivity contribution >= 4 is 12.6 Å². The highest BCUT2D eigenvalue weighted by Gasteiger charge is 2.16. The fourth-order valence-corrected chi connectivity index (χ4v) is 2.71. The zero-order valence-corrected chi connectivity index (χ0v) is 12.6. The highest BCUT2D eigenvalue weighted by molar-refractivity contribution is 6.02. The normalized spacial score (nSPS) is 10.3. The van der Waals surface area contributed by atoms with Crippen molar-refractivity contribution in [3.8, 4) is 33.8 Å². The quantitative estimate of drug-likeness (QED) is 0.711. The summed E-state index contributed by atoms with van der Waals surface area (Å²) in [6.07, 6.45) is 1.47. The van der Waals surface area contributed by atoms with Crippen molar-refractivity contribution in [2.45, 2.75) is 0 Å². The van der Waals surface area contributed by atoms with Crippen LogP contribution in [-0.2, 0) is 0 Å². The lowest BCUT2D eigenvalue weighted by Gasteiger charge is -2.15. The Balaban J connectivity index is 2.36. The average molecular weight is 318 g/mol. The predicted molar refractivity (Wildman–Crippen MR) is 91.4 cm³/mol. The number of hydrogen-bond donors (Lipinski definition) is 2. The molecular formula is C20H14O4. The molecule has 3 rings (SSSR count). The molecule has 0 aliphatic heterocycles. The van der Waals surface area contributed by atoms with Crippen molar-refractivity contribution < 1.29 is 19.8 Å². The maximum Gasteiger partial charge on any atom is 0.150 e. The first kappa shape index (κ1) is 15.5. The number of hydrogen-bond acceptors (Lipinski definition) is 4. The summed E-state index contributed by atoms with van der Waals surface area (Å²) in [7, 11) is 0. The molecule has 0 fully saturated rings. The number of phenols is 2. The second kappa shape index (κ2) is 6.38. The van der Waals surface area contributed by atoms with Gasteiger partial charge in [-0.15, -0.1) is 0 Å². The number of carbonyl (C=O) groups is 2. The van der Waals surface area contributed by atoms with E-state index in [1.165, 1.54) is 24.3 Å². The number of aromatic hydroxyl groups is 2. The summed E-state index contributed by atoms with van der Waals surface area (Å²) < 4.78 is 0. The molecule has 0 aromatic heterocycles. The molecule has 0 saturated carbocycles. The molecule has 3 aromatic rings. The van der Waals surface area contributed by atoms with Gasteiger partial charge in [-0.2, -0.15) is 0 Å². The number of carbonyl (C=O) groups excluding carboxylic acids is 2. The summed E-state index contributed by atoms with van der Waals surface area (Å²) in [5.74, 6) is 0.230. The molecule has 0 radical (unpaired) electrons. The fraction of sp³-hybridized carbons (Fsp3) is 0. The van der Waals surface area contributed by atoms with Gasteiger partial charge in [0.25, 0.3) is 0 Å². The van der Waals surface area contributed by atoms with E-state index in [1.807, 2.05) is 0 Å². The molecule has 0 atom stereocenters. The third kappa shape index (κ3) is 2.77.